The fourth-order valence-corrected chi connectivity index (χ4v) is 10.4. The number of benzene rings is 3. The molecule has 1 fully saturated rings. The lowest BCUT2D eigenvalue weighted by Gasteiger charge is -2.50. The summed E-state index contributed by atoms with van der Waals surface area (Å²) < 4.78 is 58.3. The van der Waals surface area contributed by atoms with E-state index in [0.29, 0.717) is 43.0 Å². The molecular formula is C41H47ClF2N2O4S. The molecule has 1 N–H and O–H groups in total. The Morgan fingerprint density at radius 1 is 1.10 bits per heavy atom. The van der Waals surface area contributed by atoms with Crippen LogP contribution in [0.1, 0.15) is 79.9 Å². The maximum absolute atomic E-state index is 14.2. The van der Waals surface area contributed by atoms with Gasteiger partial charge in [0, 0.05) is 40.4 Å². The van der Waals surface area contributed by atoms with Crippen LogP contribution in [-0.4, -0.2) is 46.5 Å². The van der Waals surface area contributed by atoms with Gasteiger partial charge in [-0.2, -0.15) is 0 Å². The molecule has 0 aromatic heterocycles. The summed E-state index contributed by atoms with van der Waals surface area (Å²) in [4.78, 5) is 16.1. The highest BCUT2D eigenvalue weighted by atomic mass is 35.5. The monoisotopic (exact) mass is 736 g/mol. The lowest BCUT2D eigenvalue weighted by molar-refractivity contribution is -0.0948. The van der Waals surface area contributed by atoms with Crippen molar-refractivity contribution in [1.82, 2.24) is 4.72 Å². The summed E-state index contributed by atoms with van der Waals surface area (Å²) in [5, 5.41) is 0.305. The van der Waals surface area contributed by atoms with E-state index in [4.69, 9.17) is 21.1 Å². The number of nitrogens with one attached hydrogen (secondary N) is 1. The molecular weight excluding hydrogens is 690 g/mol. The molecule has 2 aliphatic carbocycles. The maximum Gasteiger partial charge on any atom is 0.262 e. The van der Waals surface area contributed by atoms with Crippen LogP contribution < -0.4 is 14.4 Å². The van der Waals surface area contributed by atoms with E-state index in [0.717, 1.165) is 48.9 Å². The van der Waals surface area contributed by atoms with Gasteiger partial charge in [-0.15, -0.1) is 0 Å². The predicted molar refractivity (Wildman–Crippen MR) is 201 cm³/mol. The Labute approximate surface area is 305 Å². The smallest absolute Gasteiger partial charge is 0.262 e. The average molecular weight is 737 g/mol. The first kappa shape index (κ1) is 36.0. The van der Waals surface area contributed by atoms with E-state index in [2.05, 4.69) is 46.7 Å². The van der Waals surface area contributed by atoms with Gasteiger partial charge in [-0.1, -0.05) is 36.7 Å². The van der Waals surface area contributed by atoms with Crippen molar-refractivity contribution in [3.05, 3.63) is 106 Å². The van der Waals surface area contributed by atoms with Gasteiger partial charge in [0.2, 0.25) is 0 Å². The average Bonchev–Trinajstić information content (AvgIpc) is 3.21. The molecule has 2 bridgehead atoms. The molecule has 0 saturated heterocycles. The highest BCUT2D eigenvalue weighted by molar-refractivity contribution is 7.99. The first-order chi connectivity index (χ1) is 24.2. The molecule has 3 aromatic rings. The van der Waals surface area contributed by atoms with Crippen LogP contribution in [0.4, 0.5) is 14.5 Å². The third-order valence-corrected chi connectivity index (χ3v) is 14.4. The van der Waals surface area contributed by atoms with E-state index in [1.54, 1.807) is 6.07 Å². The Morgan fingerprint density at radius 3 is 2.63 bits per heavy atom. The minimum atomic E-state index is -3.02. The van der Waals surface area contributed by atoms with Gasteiger partial charge >= 0.3 is 0 Å². The van der Waals surface area contributed by atoms with Crippen LogP contribution in [0.2, 0.25) is 5.02 Å². The van der Waals surface area contributed by atoms with E-state index < -0.39 is 38.1 Å². The zero-order chi connectivity index (χ0) is 36.1. The molecule has 272 valence electrons. The number of carbonyl (C=O) groups excluding carboxylic acids is 1. The number of rotatable bonds is 3. The number of ether oxygens (including phenoxy) is 2. The summed E-state index contributed by atoms with van der Waals surface area (Å²) >= 11 is 6.46. The standard InChI is InChI=1S/C41H47ClF2N2O4S/c1-26-7-5-15-40(3,50-23-28-17-33(43)21-34(44)18-28)35-12-9-31(35)22-46-24-41(16-6-8-29-19-32(42)11-13-36(29)41)25-49-38-14-10-30(20-37(38)46)39(47)45-51(4,48)27(26)2/h5,10-11,13-15,17-21,26-27,31,35H,4,6-9,12,16,22-25H2,1-3H3,(H,45,47,48)/b15-5+/t26-,27+,31-,35+,40+,41-,51?/m0/s1. The number of aryl methyl sites for hydroxylation is 1. The highest BCUT2D eigenvalue weighted by Gasteiger charge is 2.47. The molecule has 4 aliphatic rings. The van der Waals surface area contributed by atoms with E-state index >= 15 is 0 Å². The topological polar surface area (TPSA) is 67.9 Å². The number of anilines is 1. The Balaban J connectivity index is 1.30. The molecule has 1 amide bonds. The summed E-state index contributed by atoms with van der Waals surface area (Å²) in [7, 11) is -3.02. The van der Waals surface area contributed by atoms with Crippen LogP contribution in [0.15, 0.2) is 66.7 Å². The molecule has 51 heavy (non-hydrogen) atoms. The minimum absolute atomic E-state index is 0.0512. The van der Waals surface area contributed by atoms with Gasteiger partial charge in [0.15, 0.2) is 0 Å². The molecule has 2 heterocycles. The summed E-state index contributed by atoms with van der Waals surface area (Å²) in [6.45, 7) is 7.83. The molecule has 6 nitrogen and oxygen atoms in total. The molecule has 1 saturated carbocycles. The zero-order valence-corrected chi connectivity index (χ0v) is 31.1. The van der Waals surface area contributed by atoms with E-state index in [1.807, 2.05) is 32.0 Å². The first-order valence-electron chi connectivity index (χ1n) is 18.0. The van der Waals surface area contributed by atoms with E-state index in [9.17, 15) is 17.8 Å². The van der Waals surface area contributed by atoms with Crippen molar-refractivity contribution in [3.8, 4) is 5.75 Å². The molecule has 10 heteroatoms. The molecule has 1 spiro atoms. The third-order valence-electron chi connectivity index (χ3n) is 12.0. The fourth-order valence-electron chi connectivity index (χ4n) is 8.68. The van der Waals surface area contributed by atoms with Crippen LogP contribution in [0.5, 0.6) is 5.75 Å². The second kappa shape index (κ2) is 13.9. The predicted octanol–water partition coefficient (Wildman–Crippen LogP) is 8.44. The van der Waals surface area contributed by atoms with Crippen LogP contribution >= 0.6 is 11.6 Å². The largest absolute Gasteiger partial charge is 0.490 e. The van der Waals surface area contributed by atoms with Crippen molar-refractivity contribution in [1.29, 1.82) is 0 Å². The quantitative estimate of drug-likeness (QED) is 0.216. The Bertz CT molecular complexity index is 1950. The van der Waals surface area contributed by atoms with Crippen molar-refractivity contribution in [2.45, 2.75) is 82.2 Å². The van der Waals surface area contributed by atoms with Crippen LogP contribution in [0.3, 0.4) is 0 Å². The number of halogens is 3. The summed E-state index contributed by atoms with van der Waals surface area (Å²) in [5.41, 5.74) is 3.11. The molecule has 7 rings (SSSR count). The van der Waals surface area contributed by atoms with Crippen molar-refractivity contribution >= 4 is 38.8 Å². The summed E-state index contributed by atoms with van der Waals surface area (Å²) in [6.07, 6.45) is 9.54. The highest BCUT2D eigenvalue weighted by Crippen LogP contribution is 2.49. The van der Waals surface area contributed by atoms with Crippen LogP contribution in [0.25, 0.3) is 0 Å². The number of fused-ring (bicyclic) bond motifs is 4. The van der Waals surface area contributed by atoms with Gasteiger partial charge in [0.1, 0.15) is 17.4 Å². The Morgan fingerprint density at radius 2 is 1.88 bits per heavy atom. The number of amides is 1. The van der Waals surface area contributed by atoms with E-state index in [-0.39, 0.29) is 29.8 Å². The zero-order valence-electron chi connectivity index (χ0n) is 29.6. The van der Waals surface area contributed by atoms with Gasteiger partial charge in [0.05, 0.1) is 34.2 Å². The number of hydrogen-bond acceptors (Lipinski definition) is 5. The number of nitrogens with zero attached hydrogens (tertiary/aromatic N) is 1. The van der Waals surface area contributed by atoms with Crippen molar-refractivity contribution in [3.63, 3.8) is 0 Å². The fraction of sp³-hybridized carbons (Fsp3) is 0.463. The van der Waals surface area contributed by atoms with Gasteiger partial charge in [0.25, 0.3) is 5.91 Å². The second-order valence-corrected chi connectivity index (χ2v) is 18.3. The van der Waals surface area contributed by atoms with Crippen molar-refractivity contribution < 1.29 is 27.3 Å². The number of allylic oxidation sites excluding steroid dienone is 1. The number of hydrogen-bond donors (Lipinski definition) is 1. The second-order valence-electron chi connectivity index (χ2n) is 15.5. The van der Waals surface area contributed by atoms with Gasteiger partial charge < -0.3 is 14.4 Å². The van der Waals surface area contributed by atoms with Crippen LogP contribution in [0, 0.1) is 29.4 Å². The van der Waals surface area contributed by atoms with Crippen molar-refractivity contribution in [2.24, 2.45) is 17.8 Å². The third kappa shape index (κ3) is 7.18. The molecule has 0 radical (unpaired) electrons. The lowest BCUT2D eigenvalue weighted by Crippen LogP contribution is -2.52. The van der Waals surface area contributed by atoms with Gasteiger partial charge in [-0.3, -0.25) is 9.52 Å². The molecule has 2 aliphatic heterocycles. The Hall–Kier alpha value is -3.40. The Kier molecular flexibility index (Phi) is 9.78. The lowest BCUT2D eigenvalue weighted by atomic mass is 9.64. The van der Waals surface area contributed by atoms with Crippen LogP contribution in [-0.2, 0) is 32.9 Å². The number of carbonyl (C=O) groups is 1. The van der Waals surface area contributed by atoms with Gasteiger partial charge in [-0.05, 0) is 135 Å². The van der Waals surface area contributed by atoms with Crippen molar-refractivity contribution in [2.75, 3.05) is 24.6 Å². The van der Waals surface area contributed by atoms with E-state index in [1.165, 1.54) is 23.3 Å². The summed E-state index contributed by atoms with van der Waals surface area (Å²) in [5.74, 6) is 3.26. The maximum atomic E-state index is 14.2. The summed E-state index contributed by atoms with van der Waals surface area (Å²) in [6, 6.07) is 15.1. The normalized spacial score (nSPS) is 32.8. The SMILES string of the molecule is C=S1(=O)NC(=O)c2ccc3c(c2)N(C[C@@H]2CC[C@H]2[C@](C)(OCc2cc(F)cc(F)c2)/C=C/C[C@H](C)[C@H]1C)C[C@@]1(CCCc2cc(Cl)ccc21)CO3. The molecule has 7 atom stereocenters. The molecule has 1 unspecified atom stereocenters. The minimum Gasteiger partial charge on any atom is -0.490 e. The first-order valence-corrected chi connectivity index (χ1v) is 20.2. The van der Waals surface area contributed by atoms with Gasteiger partial charge in [-0.25, -0.2) is 13.0 Å². The molecule has 3 aromatic carbocycles.